The van der Waals surface area contributed by atoms with Crippen LogP contribution in [0.25, 0.3) is 5.65 Å². The third kappa shape index (κ3) is 3.63. The van der Waals surface area contributed by atoms with E-state index in [2.05, 4.69) is 20.5 Å². The van der Waals surface area contributed by atoms with Gasteiger partial charge in [0.15, 0.2) is 0 Å². The second-order valence-corrected chi connectivity index (χ2v) is 7.17. The molecule has 0 bridgehead atoms. The van der Waals surface area contributed by atoms with E-state index < -0.39 is 11.7 Å². The average molecular weight is 397 g/mol. The van der Waals surface area contributed by atoms with Gasteiger partial charge in [-0.25, -0.2) is 9.37 Å². The number of carbonyl (C=O) groups excluding carboxylic acids is 1. The Balaban J connectivity index is 1.62. The van der Waals surface area contributed by atoms with E-state index in [0.717, 1.165) is 48.8 Å². The Hall–Kier alpha value is -3.13. The molecule has 152 valence electrons. The van der Waals surface area contributed by atoms with Gasteiger partial charge in [-0.3, -0.25) is 4.79 Å². The number of anilines is 2. The van der Waals surface area contributed by atoms with Gasteiger partial charge in [-0.15, -0.1) is 0 Å². The Labute approximate surface area is 168 Å². The molecule has 8 heteroatoms. The number of aryl methyl sites for hydroxylation is 2. The van der Waals surface area contributed by atoms with Crippen molar-refractivity contribution >= 4 is 22.9 Å². The minimum atomic E-state index is -0.468. The number of hydrogen-bond acceptors (Lipinski definition) is 5. The fourth-order valence-corrected chi connectivity index (χ4v) is 3.73. The van der Waals surface area contributed by atoms with Crippen LogP contribution < -0.4 is 20.3 Å². The van der Waals surface area contributed by atoms with E-state index in [0.29, 0.717) is 11.3 Å². The molecule has 1 saturated heterocycles. The predicted molar refractivity (Wildman–Crippen MR) is 111 cm³/mol. The van der Waals surface area contributed by atoms with Crippen molar-refractivity contribution in [3.8, 4) is 5.75 Å². The van der Waals surface area contributed by atoms with E-state index in [-0.39, 0.29) is 5.69 Å². The number of aromatic nitrogens is 2. The van der Waals surface area contributed by atoms with Crippen molar-refractivity contribution in [3.63, 3.8) is 0 Å². The number of fused-ring (bicyclic) bond motifs is 1. The summed E-state index contributed by atoms with van der Waals surface area (Å²) < 4.78 is 21.9. The van der Waals surface area contributed by atoms with E-state index in [1.165, 1.54) is 13.2 Å². The highest BCUT2D eigenvalue weighted by Gasteiger charge is 2.20. The highest BCUT2D eigenvalue weighted by molar-refractivity contribution is 6.06. The summed E-state index contributed by atoms with van der Waals surface area (Å²) in [6, 6.07) is 4.89. The monoisotopic (exact) mass is 397 g/mol. The number of amides is 1. The van der Waals surface area contributed by atoms with Gasteiger partial charge in [-0.1, -0.05) is 0 Å². The van der Waals surface area contributed by atoms with Crippen molar-refractivity contribution < 1.29 is 13.9 Å². The van der Waals surface area contributed by atoms with Gasteiger partial charge in [0.2, 0.25) is 0 Å². The third-order valence-corrected chi connectivity index (χ3v) is 5.17. The molecule has 1 amide bonds. The second kappa shape index (κ2) is 7.71. The Morgan fingerprint density at radius 2 is 2.00 bits per heavy atom. The van der Waals surface area contributed by atoms with Gasteiger partial charge in [0, 0.05) is 49.8 Å². The Morgan fingerprint density at radius 1 is 1.24 bits per heavy atom. The lowest BCUT2D eigenvalue weighted by molar-refractivity contribution is 0.102. The van der Waals surface area contributed by atoms with Crippen molar-refractivity contribution in [1.82, 2.24) is 14.7 Å². The highest BCUT2D eigenvalue weighted by atomic mass is 19.1. The zero-order chi connectivity index (χ0) is 20.5. The number of rotatable bonds is 4. The van der Waals surface area contributed by atoms with E-state index in [1.807, 2.05) is 26.1 Å². The number of ether oxygens (including phenoxy) is 1. The number of carbonyl (C=O) groups is 1. The molecule has 1 aliphatic rings. The van der Waals surface area contributed by atoms with Crippen LogP contribution >= 0.6 is 0 Å². The summed E-state index contributed by atoms with van der Waals surface area (Å²) in [6.07, 6.45) is 3.49. The Morgan fingerprint density at radius 3 is 2.69 bits per heavy atom. The summed E-state index contributed by atoms with van der Waals surface area (Å²) in [6.45, 7) is 7.12. The van der Waals surface area contributed by atoms with Crippen molar-refractivity contribution in [1.29, 1.82) is 0 Å². The van der Waals surface area contributed by atoms with E-state index in [1.54, 1.807) is 16.7 Å². The first-order chi connectivity index (χ1) is 14.0. The average Bonchev–Trinajstić information content (AvgIpc) is 3.10. The minimum Gasteiger partial charge on any atom is -0.495 e. The number of pyridine rings is 1. The van der Waals surface area contributed by atoms with Crippen LogP contribution in [0.3, 0.4) is 0 Å². The zero-order valence-corrected chi connectivity index (χ0v) is 16.8. The SMILES string of the molecule is COc1c(C(=O)Nc2ccc(N3CCNCC3)cc2F)cn2cc(C)nc2c1C. The first-order valence-corrected chi connectivity index (χ1v) is 9.57. The summed E-state index contributed by atoms with van der Waals surface area (Å²) in [4.78, 5) is 19.5. The molecule has 2 N–H and O–H groups in total. The highest BCUT2D eigenvalue weighted by Crippen LogP contribution is 2.29. The van der Waals surface area contributed by atoms with Gasteiger partial charge in [0.25, 0.3) is 5.91 Å². The number of halogens is 1. The summed E-state index contributed by atoms with van der Waals surface area (Å²) in [5.41, 5.74) is 3.58. The Bertz CT molecular complexity index is 1070. The van der Waals surface area contributed by atoms with Crippen LogP contribution in [-0.2, 0) is 0 Å². The number of methoxy groups -OCH3 is 1. The molecule has 0 spiro atoms. The molecule has 1 aromatic carbocycles. The molecular formula is C21H24FN5O2. The molecule has 0 saturated carbocycles. The number of nitrogens with one attached hydrogen (secondary N) is 2. The lowest BCUT2D eigenvalue weighted by atomic mass is 10.1. The van der Waals surface area contributed by atoms with Crippen LogP contribution in [0.15, 0.2) is 30.6 Å². The largest absolute Gasteiger partial charge is 0.495 e. The molecule has 1 fully saturated rings. The molecule has 29 heavy (non-hydrogen) atoms. The van der Waals surface area contributed by atoms with E-state index in [4.69, 9.17) is 4.74 Å². The summed E-state index contributed by atoms with van der Waals surface area (Å²) >= 11 is 0. The number of imidazole rings is 1. The number of hydrogen-bond donors (Lipinski definition) is 2. The van der Waals surface area contributed by atoms with Crippen LogP contribution in [0.4, 0.5) is 15.8 Å². The van der Waals surface area contributed by atoms with Crippen LogP contribution in [0.2, 0.25) is 0 Å². The standard InChI is InChI=1S/C21H24FN5O2/c1-13-11-27-12-16(19(29-3)14(2)20(27)24-13)21(28)25-18-5-4-15(10-17(18)22)26-8-6-23-7-9-26/h4-5,10-12,23H,6-9H2,1-3H3,(H,25,28). The molecule has 4 rings (SSSR count). The van der Waals surface area contributed by atoms with Crippen molar-refractivity contribution in [2.75, 3.05) is 43.5 Å². The quantitative estimate of drug-likeness (QED) is 0.709. The molecule has 0 radical (unpaired) electrons. The number of nitrogens with zero attached hydrogens (tertiary/aromatic N) is 3. The Kier molecular flexibility index (Phi) is 5.10. The van der Waals surface area contributed by atoms with Gasteiger partial charge < -0.3 is 24.7 Å². The molecule has 0 aliphatic carbocycles. The van der Waals surface area contributed by atoms with Crippen LogP contribution in [0.1, 0.15) is 21.6 Å². The normalized spacial score (nSPS) is 14.3. The maximum absolute atomic E-state index is 14.7. The van der Waals surface area contributed by atoms with E-state index >= 15 is 0 Å². The lowest BCUT2D eigenvalue weighted by Crippen LogP contribution is -2.43. The van der Waals surface area contributed by atoms with Crippen molar-refractivity contribution in [2.45, 2.75) is 13.8 Å². The minimum absolute atomic E-state index is 0.135. The van der Waals surface area contributed by atoms with Gasteiger partial charge in [0.1, 0.15) is 17.2 Å². The number of piperazine rings is 1. The summed E-state index contributed by atoms with van der Waals surface area (Å²) in [5, 5.41) is 5.95. The maximum atomic E-state index is 14.7. The maximum Gasteiger partial charge on any atom is 0.261 e. The van der Waals surface area contributed by atoms with Crippen molar-refractivity contribution in [3.05, 3.63) is 53.2 Å². The molecule has 1 aliphatic heterocycles. The van der Waals surface area contributed by atoms with Gasteiger partial charge in [-0.2, -0.15) is 0 Å². The number of benzene rings is 1. The first kappa shape index (κ1) is 19.2. The van der Waals surface area contributed by atoms with Gasteiger partial charge in [0.05, 0.1) is 24.1 Å². The van der Waals surface area contributed by atoms with Crippen LogP contribution in [0.5, 0.6) is 5.75 Å². The lowest BCUT2D eigenvalue weighted by Gasteiger charge is -2.29. The van der Waals surface area contributed by atoms with Crippen LogP contribution in [-0.4, -0.2) is 48.6 Å². The molecule has 3 aromatic rings. The zero-order valence-electron chi connectivity index (χ0n) is 16.8. The summed E-state index contributed by atoms with van der Waals surface area (Å²) in [5.74, 6) is -0.477. The fraction of sp³-hybridized carbons (Fsp3) is 0.333. The third-order valence-electron chi connectivity index (χ3n) is 5.17. The molecule has 7 nitrogen and oxygen atoms in total. The topological polar surface area (TPSA) is 70.9 Å². The second-order valence-electron chi connectivity index (χ2n) is 7.17. The molecule has 2 aromatic heterocycles. The fourth-order valence-electron chi connectivity index (χ4n) is 3.73. The van der Waals surface area contributed by atoms with Crippen LogP contribution in [0, 0.1) is 19.7 Å². The van der Waals surface area contributed by atoms with Gasteiger partial charge in [-0.05, 0) is 32.0 Å². The first-order valence-electron chi connectivity index (χ1n) is 9.57. The van der Waals surface area contributed by atoms with E-state index in [9.17, 15) is 9.18 Å². The van der Waals surface area contributed by atoms with Gasteiger partial charge >= 0.3 is 0 Å². The molecule has 3 heterocycles. The molecule has 0 unspecified atom stereocenters. The van der Waals surface area contributed by atoms with Crippen molar-refractivity contribution in [2.24, 2.45) is 0 Å². The smallest absolute Gasteiger partial charge is 0.261 e. The summed E-state index contributed by atoms with van der Waals surface area (Å²) in [7, 11) is 1.51. The molecular weight excluding hydrogens is 373 g/mol. The predicted octanol–water partition coefficient (Wildman–Crippen LogP) is 2.76. The molecule has 0 atom stereocenters.